The van der Waals surface area contributed by atoms with Crippen molar-refractivity contribution in [3.63, 3.8) is 0 Å². The fraction of sp³-hybridized carbons (Fsp3) is 0.625. The van der Waals surface area contributed by atoms with Crippen molar-refractivity contribution < 1.29 is 5.11 Å². The Labute approximate surface area is 110 Å². The topological polar surface area (TPSA) is 23.5 Å². The molecule has 0 amide bonds. The van der Waals surface area contributed by atoms with E-state index >= 15 is 0 Å². The zero-order valence-corrected chi connectivity index (χ0v) is 11.0. The Balaban J connectivity index is 1.49. The first kappa shape index (κ1) is 12.2. The minimum Gasteiger partial charge on any atom is -0.388 e. The molecule has 98 valence electrons. The zero-order valence-electron chi connectivity index (χ0n) is 11.0. The SMILES string of the molecule is OC(CCN(CC1CC1)C1CC1)c1ccccc1. The molecule has 3 rings (SSSR count). The summed E-state index contributed by atoms with van der Waals surface area (Å²) in [5, 5.41) is 10.2. The Morgan fingerprint density at radius 3 is 2.44 bits per heavy atom. The van der Waals surface area contributed by atoms with Gasteiger partial charge >= 0.3 is 0 Å². The van der Waals surface area contributed by atoms with Crippen molar-refractivity contribution >= 4 is 0 Å². The van der Waals surface area contributed by atoms with Crippen LogP contribution >= 0.6 is 0 Å². The van der Waals surface area contributed by atoms with Crippen LogP contribution in [0.25, 0.3) is 0 Å². The normalized spacial score (nSPS) is 21.2. The van der Waals surface area contributed by atoms with Gasteiger partial charge < -0.3 is 10.0 Å². The minimum absolute atomic E-state index is 0.299. The van der Waals surface area contributed by atoms with Gasteiger partial charge in [0.1, 0.15) is 0 Å². The molecule has 0 aromatic heterocycles. The van der Waals surface area contributed by atoms with Crippen molar-refractivity contribution in [2.75, 3.05) is 13.1 Å². The number of aliphatic hydroxyl groups excluding tert-OH is 1. The summed E-state index contributed by atoms with van der Waals surface area (Å²) in [5.41, 5.74) is 1.06. The molecule has 1 aromatic rings. The Morgan fingerprint density at radius 2 is 1.83 bits per heavy atom. The second-order valence-corrected chi connectivity index (χ2v) is 5.88. The highest BCUT2D eigenvalue weighted by atomic mass is 16.3. The van der Waals surface area contributed by atoms with Gasteiger partial charge in [-0.05, 0) is 43.6 Å². The van der Waals surface area contributed by atoms with Gasteiger partial charge in [0.05, 0.1) is 6.10 Å². The molecule has 2 fully saturated rings. The van der Waals surface area contributed by atoms with Crippen LogP contribution in [0.2, 0.25) is 0 Å². The number of nitrogens with zero attached hydrogens (tertiary/aromatic N) is 1. The van der Waals surface area contributed by atoms with E-state index < -0.39 is 0 Å². The van der Waals surface area contributed by atoms with Gasteiger partial charge in [-0.2, -0.15) is 0 Å². The second kappa shape index (κ2) is 5.41. The molecule has 2 aliphatic rings. The molecule has 1 unspecified atom stereocenters. The smallest absolute Gasteiger partial charge is 0.0802 e. The molecule has 0 spiro atoms. The van der Waals surface area contributed by atoms with Crippen LogP contribution in [0.5, 0.6) is 0 Å². The lowest BCUT2D eigenvalue weighted by Gasteiger charge is -2.23. The summed E-state index contributed by atoms with van der Waals surface area (Å²) < 4.78 is 0. The number of aliphatic hydroxyl groups is 1. The van der Waals surface area contributed by atoms with Crippen LogP contribution in [0, 0.1) is 5.92 Å². The summed E-state index contributed by atoms with van der Waals surface area (Å²) in [6, 6.07) is 10.9. The molecular weight excluding hydrogens is 222 g/mol. The molecule has 0 bridgehead atoms. The summed E-state index contributed by atoms with van der Waals surface area (Å²) in [4.78, 5) is 2.61. The van der Waals surface area contributed by atoms with E-state index in [1.54, 1.807) is 0 Å². The number of hydrogen-bond donors (Lipinski definition) is 1. The van der Waals surface area contributed by atoms with Crippen LogP contribution in [-0.4, -0.2) is 29.1 Å². The third-order valence-corrected chi connectivity index (χ3v) is 4.13. The predicted octanol–water partition coefficient (Wildman–Crippen LogP) is 2.98. The average Bonchev–Trinajstić information content (AvgIpc) is 3.28. The highest BCUT2D eigenvalue weighted by molar-refractivity contribution is 5.17. The fourth-order valence-corrected chi connectivity index (χ4v) is 2.62. The number of hydrogen-bond acceptors (Lipinski definition) is 2. The van der Waals surface area contributed by atoms with E-state index in [2.05, 4.69) is 4.90 Å². The summed E-state index contributed by atoms with van der Waals surface area (Å²) >= 11 is 0. The third-order valence-electron chi connectivity index (χ3n) is 4.13. The summed E-state index contributed by atoms with van der Waals surface area (Å²) in [7, 11) is 0. The molecule has 1 N–H and O–H groups in total. The summed E-state index contributed by atoms with van der Waals surface area (Å²) in [6.45, 7) is 2.32. The van der Waals surface area contributed by atoms with Crippen molar-refractivity contribution in [2.45, 2.75) is 44.2 Å². The Bertz CT molecular complexity index is 370. The fourth-order valence-electron chi connectivity index (χ4n) is 2.62. The minimum atomic E-state index is -0.299. The van der Waals surface area contributed by atoms with Crippen molar-refractivity contribution in [3.8, 4) is 0 Å². The largest absolute Gasteiger partial charge is 0.388 e. The first-order valence-electron chi connectivity index (χ1n) is 7.30. The standard InChI is InChI=1S/C16H23NO/c18-16(14-4-2-1-3-5-14)10-11-17(15-8-9-15)12-13-6-7-13/h1-5,13,15-16,18H,6-12H2. The van der Waals surface area contributed by atoms with Gasteiger partial charge in [0.2, 0.25) is 0 Å². The molecule has 0 saturated heterocycles. The summed E-state index contributed by atoms with van der Waals surface area (Å²) in [6.07, 6.45) is 6.15. The van der Waals surface area contributed by atoms with E-state index in [-0.39, 0.29) is 6.10 Å². The first-order chi connectivity index (χ1) is 8.83. The van der Waals surface area contributed by atoms with Crippen LogP contribution < -0.4 is 0 Å². The third kappa shape index (κ3) is 3.33. The molecule has 18 heavy (non-hydrogen) atoms. The molecule has 0 aliphatic heterocycles. The Morgan fingerprint density at radius 1 is 1.11 bits per heavy atom. The second-order valence-electron chi connectivity index (χ2n) is 5.88. The molecule has 1 atom stereocenters. The monoisotopic (exact) mass is 245 g/mol. The summed E-state index contributed by atoms with van der Waals surface area (Å²) in [5.74, 6) is 0.958. The predicted molar refractivity (Wildman–Crippen MR) is 73.3 cm³/mol. The van der Waals surface area contributed by atoms with E-state index in [0.29, 0.717) is 0 Å². The van der Waals surface area contributed by atoms with Crippen molar-refractivity contribution in [2.24, 2.45) is 5.92 Å². The maximum Gasteiger partial charge on any atom is 0.0802 e. The lowest BCUT2D eigenvalue weighted by molar-refractivity contribution is 0.137. The maximum absolute atomic E-state index is 10.2. The van der Waals surface area contributed by atoms with Gasteiger partial charge in [-0.1, -0.05) is 30.3 Å². The molecule has 1 aromatic carbocycles. The lowest BCUT2D eigenvalue weighted by Crippen LogP contribution is -2.30. The number of benzene rings is 1. The van der Waals surface area contributed by atoms with Gasteiger partial charge in [-0.15, -0.1) is 0 Å². The van der Waals surface area contributed by atoms with Gasteiger partial charge in [-0.25, -0.2) is 0 Å². The molecular formula is C16H23NO. The molecule has 2 nitrogen and oxygen atoms in total. The first-order valence-corrected chi connectivity index (χ1v) is 7.30. The maximum atomic E-state index is 10.2. The lowest BCUT2D eigenvalue weighted by atomic mass is 10.1. The Kier molecular flexibility index (Phi) is 3.67. The van der Waals surface area contributed by atoms with E-state index in [1.807, 2.05) is 30.3 Å². The Hall–Kier alpha value is -0.860. The van der Waals surface area contributed by atoms with E-state index in [4.69, 9.17) is 0 Å². The van der Waals surface area contributed by atoms with Crippen LogP contribution in [0.15, 0.2) is 30.3 Å². The van der Waals surface area contributed by atoms with Crippen molar-refractivity contribution in [1.29, 1.82) is 0 Å². The molecule has 2 saturated carbocycles. The quantitative estimate of drug-likeness (QED) is 0.798. The van der Waals surface area contributed by atoms with Crippen LogP contribution in [-0.2, 0) is 0 Å². The van der Waals surface area contributed by atoms with Gasteiger partial charge in [0.15, 0.2) is 0 Å². The van der Waals surface area contributed by atoms with Crippen LogP contribution in [0.4, 0.5) is 0 Å². The van der Waals surface area contributed by atoms with Crippen LogP contribution in [0.3, 0.4) is 0 Å². The highest BCUT2D eigenvalue weighted by Crippen LogP contribution is 2.35. The zero-order chi connectivity index (χ0) is 12.4. The molecule has 2 aliphatic carbocycles. The average molecular weight is 245 g/mol. The van der Waals surface area contributed by atoms with Crippen LogP contribution in [0.1, 0.15) is 43.8 Å². The van der Waals surface area contributed by atoms with Gasteiger partial charge in [-0.3, -0.25) is 0 Å². The number of rotatable bonds is 7. The van der Waals surface area contributed by atoms with Crippen molar-refractivity contribution in [1.82, 2.24) is 4.90 Å². The van der Waals surface area contributed by atoms with E-state index in [0.717, 1.165) is 30.5 Å². The van der Waals surface area contributed by atoms with E-state index in [1.165, 1.54) is 32.2 Å². The van der Waals surface area contributed by atoms with E-state index in [9.17, 15) is 5.11 Å². The molecule has 0 radical (unpaired) electrons. The van der Waals surface area contributed by atoms with Gasteiger partial charge in [0, 0.05) is 19.1 Å². The molecule has 2 heteroatoms. The van der Waals surface area contributed by atoms with Crippen molar-refractivity contribution in [3.05, 3.63) is 35.9 Å². The highest BCUT2D eigenvalue weighted by Gasteiger charge is 2.33. The molecule has 0 heterocycles. The van der Waals surface area contributed by atoms with Gasteiger partial charge in [0.25, 0.3) is 0 Å².